The number of primary amides is 1. The second-order valence-corrected chi connectivity index (χ2v) is 10.3. The fourth-order valence-electron chi connectivity index (χ4n) is 5.81. The van der Waals surface area contributed by atoms with Crippen LogP contribution in [0.1, 0.15) is 70.9 Å². The summed E-state index contributed by atoms with van der Waals surface area (Å²) in [4.78, 5) is 39.1. The lowest BCUT2D eigenvalue weighted by atomic mass is 9.87. The van der Waals surface area contributed by atoms with Gasteiger partial charge in [-0.3, -0.25) is 14.3 Å². The van der Waals surface area contributed by atoms with Gasteiger partial charge in [0.1, 0.15) is 5.82 Å². The van der Waals surface area contributed by atoms with Crippen LogP contribution >= 0.6 is 0 Å². The minimum Gasteiger partial charge on any atom is -0.364 e. The van der Waals surface area contributed by atoms with Gasteiger partial charge in [-0.05, 0) is 62.1 Å². The normalized spacial score (nSPS) is 21.4. The van der Waals surface area contributed by atoms with Gasteiger partial charge >= 0.3 is 0 Å². The van der Waals surface area contributed by atoms with E-state index in [1.54, 1.807) is 23.3 Å². The maximum Gasteiger partial charge on any atom is 0.271 e. The van der Waals surface area contributed by atoms with Crippen LogP contribution in [-0.4, -0.2) is 61.6 Å². The summed E-state index contributed by atoms with van der Waals surface area (Å²) in [5.74, 6) is 1.11. The van der Waals surface area contributed by atoms with Crippen molar-refractivity contribution in [2.75, 3.05) is 23.3 Å². The Bertz CT molecular complexity index is 1320. The molecule has 2 saturated heterocycles. The van der Waals surface area contributed by atoms with E-state index in [0.717, 1.165) is 44.3 Å². The summed E-state index contributed by atoms with van der Waals surface area (Å²) in [5, 5.41) is 7.30. The van der Waals surface area contributed by atoms with Gasteiger partial charge in [-0.1, -0.05) is 12.1 Å². The molecule has 3 N–H and O–H groups in total. The Hall–Kier alpha value is -3.95. The second kappa shape index (κ2) is 9.49. The molecule has 192 valence electrons. The van der Waals surface area contributed by atoms with Gasteiger partial charge in [-0.15, -0.1) is 0 Å². The first-order valence-electron chi connectivity index (χ1n) is 13.1. The van der Waals surface area contributed by atoms with Gasteiger partial charge < -0.3 is 20.9 Å². The number of hydrogen-bond acceptors (Lipinski definition) is 7. The fraction of sp³-hybridized carbons (Fsp3) is 0.444. The number of carbonyl (C=O) groups excluding carboxylic acids is 2. The number of likely N-dealkylation sites (tertiary alicyclic amines) is 1. The van der Waals surface area contributed by atoms with Gasteiger partial charge in [-0.2, -0.15) is 5.10 Å². The van der Waals surface area contributed by atoms with E-state index in [4.69, 9.17) is 10.7 Å². The molecule has 37 heavy (non-hydrogen) atoms. The van der Waals surface area contributed by atoms with Gasteiger partial charge in [0.2, 0.25) is 0 Å². The van der Waals surface area contributed by atoms with Crippen molar-refractivity contribution >= 4 is 29.1 Å². The first-order chi connectivity index (χ1) is 18.0. The van der Waals surface area contributed by atoms with Gasteiger partial charge in [-0.25, -0.2) is 9.97 Å². The van der Waals surface area contributed by atoms with E-state index in [0.29, 0.717) is 23.2 Å². The molecule has 2 amide bonds. The van der Waals surface area contributed by atoms with E-state index in [1.807, 2.05) is 19.2 Å². The van der Waals surface area contributed by atoms with E-state index in [1.165, 1.54) is 18.4 Å². The standard InChI is InChI=1S/C27H32N8O2/c1-33-16-20(14-30-33)31-26-24(25(28)36)29-15-23(32-26)34-12-2-5-22-21(34)4-3-13-35(22)27(37)19-10-8-18(9-11-19)17-6-7-17/h8-11,14-17,21-22H,2-7,12-13H2,1H3,(H2,28,36)(H,31,32)/t21-,22-/m1/s1. The Morgan fingerprint density at radius 1 is 1.00 bits per heavy atom. The molecule has 0 spiro atoms. The number of nitrogens with one attached hydrogen (secondary N) is 1. The van der Waals surface area contributed by atoms with Crippen molar-refractivity contribution in [3.63, 3.8) is 0 Å². The van der Waals surface area contributed by atoms with Crippen LogP contribution in [0.5, 0.6) is 0 Å². The monoisotopic (exact) mass is 500 g/mol. The molecule has 10 heteroatoms. The van der Waals surface area contributed by atoms with E-state index in [2.05, 4.69) is 37.3 Å². The first kappa shape index (κ1) is 23.4. The third-order valence-corrected chi connectivity index (χ3v) is 7.76. The van der Waals surface area contributed by atoms with Crippen LogP contribution in [0.4, 0.5) is 17.3 Å². The number of hydrogen-bond donors (Lipinski definition) is 2. The summed E-state index contributed by atoms with van der Waals surface area (Å²) in [7, 11) is 1.81. The number of piperidine rings is 2. The van der Waals surface area contributed by atoms with Crippen LogP contribution in [0.3, 0.4) is 0 Å². The second-order valence-electron chi connectivity index (χ2n) is 10.3. The van der Waals surface area contributed by atoms with Crippen LogP contribution in [0, 0.1) is 0 Å². The Labute approximate surface area is 215 Å². The summed E-state index contributed by atoms with van der Waals surface area (Å²) in [5.41, 5.74) is 8.45. The lowest BCUT2D eigenvalue weighted by Crippen LogP contribution is -2.60. The molecule has 4 heterocycles. The Balaban J connectivity index is 1.25. The average Bonchev–Trinajstić information content (AvgIpc) is 3.69. The van der Waals surface area contributed by atoms with Gasteiger partial charge in [0.15, 0.2) is 11.5 Å². The molecule has 0 bridgehead atoms. The predicted molar refractivity (Wildman–Crippen MR) is 140 cm³/mol. The summed E-state index contributed by atoms with van der Waals surface area (Å²) in [6, 6.07) is 8.45. The molecule has 1 saturated carbocycles. The maximum absolute atomic E-state index is 13.6. The van der Waals surface area contributed by atoms with Crippen LogP contribution in [0.2, 0.25) is 0 Å². The highest BCUT2D eigenvalue weighted by atomic mass is 16.2. The molecule has 0 unspecified atom stereocenters. The average molecular weight is 501 g/mol. The van der Waals surface area contributed by atoms with Gasteiger partial charge in [0.25, 0.3) is 11.8 Å². The van der Waals surface area contributed by atoms with Crippen molar-refractivity contribution < 1.29 is 9.59 Å². The molecular formula is C27H32N8O2. The maximum atomic E-state index is 13.6. The lowest BCUT2D eigenvalue weighted by molar-refractivity contribution is 0.0524. The molecule has 3 fully saturated rings. The molecule has 2 atom stereocenters. The molecule has 0 radical (unpaired) electrons. The van der Waals surface area contributed by atoms with Crippen LogP contribution in [-0.2, 0) is 7.05 Å². The van der Waals surface area contributed by atoms with Crippen molar-refractivity contribution in [2.45, 2.75) is 56.5 Å². The number of aryl methyl sites for hydroxylation is 1. The highest BCUT2D eigenvalue weighted by molar-refractivity contribution is 5.96. The summed E-state index contributed by atoms with van der Waals surface area (Å²) < 4.78 is 1.66. The molecule has 6 rings (SSSR count). The number of carbonyl (C=O) groups is 2. The Morgan fingerprint density at radius 3 is 2.46 bits per heavy atom. The van der Waals surface area contributed by atoms with E-state index in [-0.39, 0.29) is 23.7 Å². The topological polar surface area (TPSA) is 122 Å². The highest BCUT2D eigenvalue weighted by Gasteiger charge is 2.41. The molecule has 1 aliphatic carbocycles. The van der Waals surface area contributed by atoms with Crippen LogP contribution in [0.25, 0.3) is 0 Å². The number of nitrogens with two attached hydrogens (primary N) is 1. The number of aromatic nitrogens is 4. The van der Waals surface area contributed by atoms with Crippen molar-refractivity contribution in [1.82, 2.24) is 24.6 Å². The highest BCUT2D eigenvalue weighted by Crippen LogP contribution is 2.40. The molecular weight excluding hydrogens is 468 g/mol. The third kappa shape index (κ3) is 4.63. The van der Waals surface area contributed by atoms with Crippen molar-refractivity contribution in [1.29, 1.82) is 0 Å². The number of nitrogens with zero attached hydrogens (tertiary/aromatic N) is 6. The summed E-state index contributed by atoms with van der Waals surface area (Å²) in [6.45, 7) is 1.58. The first-order valence-corrected chi connectivity index (χ1v) is 13.1. The fourth-order valence-corrected chi connectivity index (χ4v) is 5.81. The van der Waals surface area contributed by atoms with Crippen LogP contribution < -0.4 is 16.0 Å². The smallest absolute Gasteiger partial charge is 0.271 e. The lowest BCUT2D eigenvalue weighted by Gasteiger charge is -2.49. The zero-order valence-corrected chi connectivity index (χ0v) is 21.0. The SMILES string of the molecule is Cn1cc(Nc2nc(N3CCC[C@@H]4[C@H]3CCCN4C(=O)c3ccc(C4CC4)cc3)cnc2C(N)=O)cn1. The number of rotatable bonds is 6. The van der Waals surface area contributed by atoms with Gasteiger partial charge in [0.05, 0.1) is 30.2 Å². The minimum atomic E-state index is -0.649. The van der Waals surface area contributed by atoms with Crippen molar-refractivity contribution in [3.05, 3.63) is 59.7 Å². The molecule has 2 aliphatic heterocycles. The zero-order chi connectivity index (χ0) is 25.5. The van der Waals surface area contributed by atoms with Gasteiger partial charge in [0, 0.05) is 31.9 Å². The van der Waals surface area contributed by atoms with E-state index >= 15 is 0 Å². The Kier molecular flexibility index (Phi) is 6.02. The summed E-state index contributed by atoms with van der Waals surface area (Å²) in [6.07, 6.45) is 11.4. The van der Waals surface area contributed by atoms with Crippen molar-refractivity contribution in [3.8, 4) is 0 Å². The quantitative estimate of drug-likeness (QED) is 0.533. The third-order valence-electron chi connectivity index (χ3n) is 7.76. The molecule has 10 nitrogen and oxygen atoms in total. The minimum absolute atomic E-state index is 0.0799. The summed E-state index contributed by atoms with van der Waals surface area (Å²) >= 11 is 0. The molecule has 1 aromatic carbocycles. The molecule has 3 aromatic rings. The molecule has 2 aromatic heterocycles. The zero-order valence-electron chi connectivity index (χ0n) is 21.0. The molecule has 3 aliphatic rings. The number of anilines is 3. The largest absolute Gasteiger partial charge is 0.364 e. The van der Waals surface area contributed by atoms with Crippen molar-refractivity contribution in [2.24, 2.45) is 12.8 Å². The van der Waals surface area contributed by atoms with Crippen LogP contribution in [0.15, 0.2) is 42.9 Å². The number of fused-ring (bicyclic) bond motifs is 1. The predicted octanol–water partition coefficient (Wildman–Crippen LogP) is 3.20. The number of benzene rings is 1. The Morgan fingerprint density at radius 2 is 1.76 bits per heavy atom. The van der Waals surface area contributed by atoms with E-state index in [9.17, 15) is 9.59 Å². The number of amides is 2. The van der Waals surface area contributed by atoms with E-state index < -0.39 is 5.91 Å².